The molecule has 1 aromatic rings. The van der Waals surface area contributed by atoms with Crippen molar-refractivity contribution in [1.82, 2.24) is 9.88 Å². The van der Waals surface area contributed by atoms with Crippen molar-refractivity contribution in [3.63, 3.8) is 0 Å². The average Bonchev–Trinajstić information content (AvgIpc) is 2.30. The zero-order valence-electron chi connectivity index (χ0n) is 10.3. The summed E-state index contributed by atoms with van der Waals surface area (Å²) in [5.41, 5.74) is 1.43. The topological polar surface area (TPSA) is 42.4 Å². The molecule has 0 saturated carbocycles. The molecule has 0 aromatic carbocycles. The van der Waals surface area contributed by atoms with Crippen molar-refractivity contribution in [3.05, 3.63) is 42.2 Å². The molecule has 0 unspecified atom stereocenters. The molecule has 1 rings (SSSR count). The molecule has 1 heterocycles. The maximum absolute atomic E-state index is 11.4. The van der Waals surface area contributed by atoms with Crippen molar-refractivity contribution in [2.24, 2.45) is 0 Å². The molecule has 4 nitrogen and oxygen atoms in total. The van der Waals surface area contributed by atoms with Crippen LogP contribution < -0.4 is 0 Å². The van der Waals surface area contributed by atoms with Crippen molar-refractivity contribution >= 4 is 5.97 Å². The molecule has 17 heavy (non-hydrogen) atoms. The standard InChI is InChI=1S/C13H18N2O2/c1-4-17-13(16)11(2)9-15(3)10-12-7-5-6-8-14-12/h5-8H,2,4,9-10H2,1,3H3. The number of hydrogen-bond donors (Lipinski definition) is 0. The lowest BCUT2D eigenvalue weighted by atomic mass is 10.2. The van der Waals surface area contributed by atoms with Crippen molar-refractivity contribution < 1.29 is 9.53 Å². The first-order chi connectivity index (χ1) is 8.13. The maximum Gasteiger partial charge on any atom is 0.334 e. The van der Waals surface area contributed by atoms with Gasteiger partial charge in [0.15, 0.2) is 0 Å². The van der Waals surface area contributed by atoms with Crippen LogP contribution >= 0.6 is 0 Å². The van der Waals surface area contributed by atoms with Gasteiger partial charge in [-0.05, 0) is 26.1 Å². The summed E-state index contributed by atoms with van der Waals surface area (Å²) < 4.78 is 4.87. The van der Waals surface area contributed by atoms with Crippen molar-refractivity contribution in [3.8, 4) is 0 Å². The minimum Gasteiger partial charge on any atom is -0.463 e. The van der Waals surface area contributed by atoms with Gasteiger partial charge in [-0.2, -0.15) is 0 Å². The van der Waals surface area contributed by atoms with E-state index >= 15 is 0 Å². The summed E-state index contributed by atoms with van der Waals surface area (Å²) in [6.45, 7) is 7.04. The second-order valence-electron chi connectivity index (χ2n) is 3.82. The monoisotopic (exact) mass is 234 g/mol. The Balaban J connectivity index is 2.42. The molecule has 0 spiro atoms. The maximum atomic E-state index is 11.4. The zero-order valence-corrected chi connectivity index (χ0v) is 10.3. The van der Waals surface area contributed by atoms with Crippen LogP contribution in [-0.2, 0) is 16.1 Å². The van der Waals surface area contributed by atoms with Gasteiger partial charge in [-0.3, -0.25) is 9.88 Å². The van der Waals surface area contributed by atoms with E-state index in [1.807, 2.05) is 30.1 Å². The molecule has 0 atom stereocenters. The summed E-state index contributed by atoms with van der Waals surface area (Å²) >= 11 is 0. The van der Waals surface area contributed by atoms with Crippen LogP contribution in [0.3, 0.4) is 0 Å². The van der Waals surface area contributed by atoms with E-state index < -0.39 is 0 Å². The Kier molecular flexibility index (Phi) is 5.36. The van der Waals surface area contributed by atoms with Crippen molar-refractivity contribution in [1.29, 1.82) is 0 Å². The fourth-order valence-corrected chi connectivity index (χ4v) is 1.45. The highest BCUT2D eigenvalue weighted by Gasteiger charge is 2.10. The van der Waals surface area contributed by atoms with Gasteiger partial charge in [0.05, 0.1) is 12.3 Å². The Morgan fingerprint density at radius 3 is 2.88 bits per heavy atom. The van der Waals surface area contributed by atoms with Gasteiger partial charge in [-0.15, -0.1) is 0 Å². The van der Waals surface area contributed by atoms with Gasteiger partial charge in [-0.1, -0.05) is 12.6 Å². The number of aromatic nitrogens is 1. The molecule has 0 saturated heterocycles. The van der Waals surface area contributed by atoms with Crippen molar-refractivity contribution in [2.75, 3.05) is 20.2 Å². The quantitative estimate of drug-likeness (QED) is 0.554. The predicted octanol–water partition coefficient (Wildman–Crippen LogP) is 1.63. The minimum absolute atomic E-state index is 0.333. The number of pyridine rings is 1. The molecule has 92 valence electrons. The van der Waals surface area contributed by atoms with E-state index in [1.54, 1.807) is 13.1 Å². The van der Waals surface area contributed by atoms with E-state index in [0.29, 0.717) is 25.3 Å². The van der Waals surface area contributed by atoms with Crippen LogP contribution in [0.1, 0.15) is 12.6 Å². The Morgan fingerprint density at radius 1 is 1.53 bits per heavy atom. The lowest BCUT2D eigenvalue weighted by Gasteiger charge is -2.16. The summed E-state index contributed by atoms with van der Waals surface area (Å²) in [6, 6.07) is 5.76. The highest BCUT2D eigenvalue weighted by atomic mass is 16.5. The van der Waals surface area contributed by atoms with E-state index in [9.17, 15) is 4.79 Å². The average molecular weight is 234 g/mol. The molecule has 0 bridgehead atoms. The van der Waals surface area contributed by atoms with Gasteiger partial charge in [-0.25, -0.2) is 4.79 Å². The summed E-state index contributed by atoms with van der Waals surface area (Å²) in [6.07, 6.45) is 1.75. The van der Waals surface area contributed by atoms with Crippen molar-refractivity contribution in [2.45, 2.75) is 13.5 Å². The zero-order chi connectivity index (χ0) is 12.7. The van der Waals surface area contributed by atoms with Crippen LogP contribution in [0.5, 0.6) is 0 Å². The molecule has 0 radical (unpaired) electrons. The SMILES string of the molecule is C=C(CN(C)Cc1ccccn1)C(=O)OCC. The van der Waals surface area contributed by atoms with Crippen LogP contribution in [0, 0.1) is 0 Å². The van der Waals surface area contributed by atoms with E-state index in [0.717, 1.165) is 5.69 Å². The molecule has 0 fully saturated rings. The molecule has 0 amide bonds. The number of likely N-dealkylation sites (N-methyl/N-ethyl adjacent to an activating group) is 1. The molecule has 1 aromatic heterocycles. The highest BCUT2D eigenvalue weighted by Crippen LogP contribution is 2.03. The number of rotatable bonds is 6. The van der Waals surface area contributed by atoms with Crippen LogP contribution in [0.4, 0.5) is 0 Å². The largest absolute Gasteiger partial charge is 0.463 e. The molecule has 0 aliphatic carbocycles. The van der Waals surface area contributed by atoms with Gasteiger partial charge in [0.25, 0.3) is 0 Å². The fourth-order valence-electron chi connectivity index (χ4n) is 1.45. The lowest BCUT2D eigenvalue weighted by molar-refractivity contribution is -0.138. The Hall–Kier alpha value is -1.68. The number of carbonyl (C=O) groups is 1. The first kappa shape index (κ1) is 13.4. The highest BCUT2D eigenvalue weighted by molar-refractivity contribution is 5.88. The van der Waals surface area contributed by atoms with Crippen LogP contribution in [-0.4, -0.2) is 36.1 Å². The van der Waals surface area contributed by atoms with E-state index in [-0.39, 0.29) is 5.97 Å². The van der Waals surface area contributed by atoms with Crippen LogP contribution in [0.2, 0.25) is 0 Å². The van der Waals surface area contributed by atoms with Gasteiger partial charge in [0.2, 0.25) is 0 Å². The normalized spacial score (nSPS) is 10.3. The second-order valence-corrected chi connectivity index (χ2v) is 3.82. The third-order valence-corrected chi connectivity index (χ3v) is 2.18. The van der Waals surface area contributed by atoms with Gasteiger partial charge >= 0.3 is 5.97 Å². The molecule has 0 aliphatic heterocycles. The first-order valence-electron chi connectivity index (χ1n) is 5.56. The number of hydrogen-bond acceptors (Lipinski definition) is 4. The van der Waals surface area contributed by atoms with E-state index in [2.05, 4.69) is 11.6 Å². The molecular weight excluding hydrogens is 216 g/mol. The molecule has 0 N–H and O–H groups in total. The summed E-state index contributed by atoms with van der Waals surface area (Å²) in [5, 5.41) is 0. The van der Waals surface area contributed by atoms with Crippen LogP contribution in [0.25, 0.3) is 0 Å². The van der Waals surface area contributed by atoms with Gasteiger partial charge < -0.3 is 4.74 Å². The lowest BCUT2D eigenvalue weighted by Crippen LogP contribution is -2.24. The number of ether oxygens (including phenoxy) is 1. The summed E-state index contributed by atoms with van der Waals surface area (Å²) in [4.78, 5) is 17.6. The third kappa shape index (κ3) is 4.78. The molecular formula is C13H18N2O2. The molecule has 4 heteroatoms. The van der Waals surface area contributed by atoms with E-state index in [4.69, 9.17) is 4.74 Å². The smallest absolute Gasteiger partial charge is 0.334 e. The third-order valence-electron chi connectivity index (χ3n) is 2.18. The fraction of sp³-hybridized carbons (Fsp3) is 0.385. The van der Waals surface area contributed by atoms with E-state index in [1.165, 1.54) is 0 Å². The van der Waals surface area contributed by atoms with Gasteiger partial charge in [0, 0.05) is 24.9 Å². The summed E-state index contributed by atoms with van der Waals surface area (Å²) in [5.74, 6) is -0.333. The Bertz CT molecular complexity index is 376. The second kappa shape index (κ2) is 6.81. The number of esters is 1. The number of carbonyl (C=O) groups excluding carboxylic acids is 1. The van der Waals surface area contributed by atoms with Crippen LogP contribution in [0.15, 0.2) is 36.5 Å². The number of nitrogens with zero attached hydrogens (tertiary/aromatic N) is 2. The Morgan fingerprint density at radius 2 is 2.29 bits per heavy atom. The van der Waals surface area contributed by atoms with Gasteiger partial charge in [0.1, 0.15) is 0 Å². The summed E-state index contributed by atoms with van der Waals surface area (Å²) in [7, 11) is 1.92. The predicted molar refractivity (Wildman–Crippen MR) is 66.3 cm³/mol. The minimum atomic E-state index is -0.333. The first-order valence-corrected chi connectivity index (χ1v) is 5.56. The molecule has 0 aliphatic rings. The Labute approximate surface area is 102 Å².